The third-order valence-electron chi connectivity index (χ3n) is 1.93. The Balaban J connectivity index is 2.47. The fourth-order valence-corrected chi connectivity index (χ4v) is 1.39. The van der Waals surface area contributed by atoms with E-state index in [-0.39, 0.29) is 5.82 Å². The molecule has 0 amide bonds. The lowest BCUT2D eigenvalue weighted by atomic mass is 10.2. The summed E-state index contributed by atoms with van der Waals surface area (Å²) in [7, 11) is 0. The van der Waals surface area contributed by atoms with Crippen molar-refractivity contribution in [1.82, 2.24) is 14.8 Å². The summed E-state index contributed by atoms with van der Waals surface area (Å²) in [5.41, 5.74) is 1.05. The van der Waals surface area contributed by atoms with E-state index in [9.17, 15) is 0 Å². The highest BCUT2D eigenvalue weighted by atomic mass is 35.5. The van der Waals surface area contributed by atoms with Crippen LogP contribution in [0.2, 0.25) is 5.02 Å². The molecule has 2 rings (SSSR count). The lowest BCUT2D eigenvalue weighted by Gasteiger charge is -2.01. The average molecular weight is 230 g/mol. The molecule has 0 atom stereocenters. The van der Waals surface area contributed by atoms with E-state index in [1.165, 1.54) is 11.0 Å². The predicted octanol–water partition coefficient (Wildman–Crippen LogP) is 1.66. The molecule has 2 aromatic rings. The number of benzene rings is 1. The van der Waals surface area contributed by atoms with Gasteiger partial charge < -0.3 is 0 Å². The van der Waals surface area contributed by atoms with Crippen LogP contribution in [0.4, 0.5) is 0 Å². The maximum absolute atomic E-state index is 8.71. The monoisotopic (exact) mass is 229 g/mol. The molecule has 0 saturated heterocycles. The van der Waals surface area contributed by atoms with Crippen LogP contribution in [0.25, 0.3) is 5.69 Å². The second-order valence-corrected chi connectivity index (χ2v) is 3.31. The Morgan fingerprint density at radius 3 is 2.62 bits per heavy atom. The fraction of sp³-hybridized carbons (Fsp3) is 0. The van der Waals surface area contributed by atoms with Crippen LogP contribution >= 0.6 is 11.6 Å². The highest BCUT2D eigenvalue weighted by Gasteiger charge is 2.05. The molecule has 5 nitrogen and oxygen atoms in total. The van der Waals surface area contributed by atoms with Gasteiger partial charge in [0.1, 0.15) is 18.5 Å². The second-order valence-electron chi connectivity index (χ2n) is 2.90. The molecule has 0 aliphatic rings. The van der Waals surface area contributed by atoms with E-state index < -0.39 is 0 Å². The van der Waals surface area contributed by atoms with Gasteiger partial charge in [-0.2, -0.15) is 10.5 Å². The number of hydrogen-bond donors (Lipinski definition) is 0. The molecular formula is C10H4ClN5. The molecule has 0 aliphatic heterocycles. The fourth-order valence-electron chi connectivity index (χ4n) is 1.18. The average Bonchev–Trinajstić information content (AvgIpc) is 2.77. The summed E-state index contributed by atoms with van der Waals surface area (Å²) in [6.45, 7) is 0. The largest absolute Gasteiger partial charge is 0.252 e. The van der Waals surface area contributed by atoms with Gasteiger partial charge in [-0.05, 0) is 18.2 Å². The minimum atomic E-state index is 0.0838. The van der Waals surface area contributed by atoms with E-state index in [1.54, 1.807) is 18.2 Å². The summed E-state index contributed by atoms with van der Waals surface area (Å²) in [6.07, 6.45) is 1.41. The molecular weight excluding hydrogens is 226 g/mol. The summed E-state index contributed by atoms with van der Waals surface area (Å²) in [6, 6.07) is 8.65. The predicted molar refractivity (Wildman–Crippen MR) is 55.8 cm³/mol. The van der Waals surface area contributed by atoms with Crippen molar-refractivity contribution < 1.29 is 0 Å². The van der Waals surface area contributed by atoms with Crippen LogP contribution in [0.1, 0.15) is 11.4 Å². The van der Waals surface area contributed by atoms with Gasteiger partial charge in [0, 0.05) is 0 Å². The van der Waals surface area contributed by atoms with Crippen LogP contribution in [-0.4, -0.2) is 14.8 Å². The van der Waals surface area contributed by atoms with E-state index in [0.717, 1.165) is 0 Å². The molecule has 0 spiro atoms. The highest BCUT2D eigenvalue weighted by molar-refractivity contribution is 6.31. The number of rotatable bonds is 1. The van der Waals surface area contributed by atoms with E-state index in [0.29, 0.717) is 16.3 Å². The Kier molecular flexibility index (Phi) is 2.55. The van der Waals surface area contributed by atoms with E-state index in [2.05, 4.69) is 10.1 Å². The SMILES string of the molecule is N#Cc1ncn(-c2ccc(C#N)c(Cl)c2)n1. The molecule has 0 unspecified atom stereocenters. The number of nitriles is 2. The minimum Gasteiger partial charge on any atom is -0.220 e. The molecule has 16 heavy (non-hydrogen) atoms. The smallest absolute Gasteiger partial charge is 0.220 e. The number of hydrogen-bond acceptors (Lipinski definition) is 4. The standard InChI is InChI=1S/C10H4ClN5/c11-9-3-8(2-1-7(9)4-12)16-6-14-10(5-13)15-16/h1-3,6H. The number of aromatic nitrogens is 3. The van der Waals surface area contributed by atoms with Crippen molar-refractivity contribution in [3.63, 3.8) is 0 Å². The highest BCUT2D eigenvalue weighted by Crippen LogP contribution is 2.18. The molecule has 1 aromatic carbocycles. The second kappa shape index (κ2) is 4.01. The van der Waals surface area contributed by atoms with Crippen molar-refractivity contribution in [3.8, 4) is 17.8 Å². The summed E-state index contributed by atoms with van der Waals surface area (Å²) in [5.74, 6) is 0.0838. The van der Waals surface area contributed by atoms with Crippen molar-refractivity contribution in [1.29, 1.82) is 10.5 Å². The summed E-state index contributed by atoms with van der Waals surface area (Å²) in [5, 5.41) is 21.5. The molecule has 0 saturated carbocycles. The van der Waals surface area contributed by atoms with Gasteiger partial charge >= 0.3 is 0 Å². The molecule has 1 heterocycles. The van der Waals surface area contributed by atoms with Gasteiger partial charge in [0.2, 0.25) is 0 Å². The Morgan fingerprint density at radius 1 is 1.25 bits per heavy atom. The van der Waals surface area contributed by atoms with Crippen molar-refractivity contribution in [2.45, 2.75) is 0 Å². The zero-order valence-corrected chi connectivity index (χ0v) is 8.68. The van der Waals surface area contributed by atoms with Crippen LogP contribution in [0.3, 0.4) is 0 Å². The van der Waals surface area contributed by atoms with Crippen molar-refractivity contribution in [3.05, 3.63) is 40.9 Å². The minimum absolute atomic E-state index is 0.0838. The van der Waals surface area contributed by atoms with Crippen molar-refractivity contribution in [2.75, 3.05) is 0 Å². The molecule has 1 aromatic heterocycles. The lowest BCUT2D eigenvalue weighted by Crippen LogP contribution is -1.95. The molecule has 0 N–H and O–H groups in total. The van der Waals surface area contributed by atoms with Crippen molar-refractivity contribution >= 4 is 11.6 Å². The zero-order chi connectivity index (χ0) is 11.5. The summed E-state index contributed by atoms with van der Waals surface area (Å²) >= 11 is 5.87. The number of nitrogens with zero attached hydrogens (tertiary/aromatic N) is 5. The van der Waals surface area contributed by atoms with Crippen LogP contribution in [0, 0.1) is 22.7 Å². The van der Waals surface area contributed by atoms with Crippen LogP contribution in [0.15, 0.2) is 24.5 Å². The first kappa shape index (κ1) is 10.2. The Morgan fingerprint density at radius 2 is 2.06 bits per heavy atom. The number of halogens is 1. The van der Waals surface area contributed by atoms with Crippen molar-refractivity contribution in [2.24, 2.45) is 0 Å². The van der Waals surface area contributed by atoms with E-state index in [1.807, 2.05) is 12.1 Å². The normalized spacial score (nSPS) is 9.44. The van der Waals surface area contributed by atoms with Gasteiger partial charge in [-0.1, -0.05) is 11.6 Å². The van der Waals surface area contributed by atoms with Gasteiger partial charge in [0.25, 0.3) is 5.82 Å². The van der Waals surface area contributed by atoms with Gasteiger partial charge in [0.05, 0.1) is 16.3 Å². The van der Waals surface area contributed by atoms with Gasteiger partial charge in [-0.3, -0.25) is 0 Å². The van der Waals surface area contributed by atoms with E-state index >= 15 is 0 Å². The molecule has 0 fully saturated rings. The van der Waals surface area contributed by atoms with Gasteiger partial charge in [-0.15, -0.1) is 5.10 Å². The van der Waals surface area contributed by atoms with Crippen LogP contribution < -0.4 is 0 Å². The molecule has 0 bridgehead atoms. The first-order valence-electron chi connectivity index (χ1n) is 4.26. The maximum atomic E-state index is 8.71. The third kappa shape index (κ3) is 1.72. The zero-order valence-electron chi connectivity index (χ0n) is 7.92. The molecule has 0 aliphatic carbocycles. The molecule has 0 radical (unpaired) electrons. The topological polar surface area (TPSA) is 78.3 Å². The first-order valence-corrected chi connectivity index (χ1v) is 4.64. The Hall–Kier alpha value is -2.37. The van der Waals surface area contributed by atoms with Crippen LogP contribution in [-0.2, 0) is 0 Å². The Labute approximate surface area is 96.1 Å². The third-order valence-corrected chi connectivity index (χ3v) is 2.24. The lowest BCUT2D eigenvalue weighted by molar-refractivity contribution is 0.872. The quantitative estimate of drug-likeness (QED) is 0.745. The van der Waals surface area contributed by atoms with Gasteiger partial charge in [-0.25, -0.2) is 9.67 Å². The molecule has 76 valence electrons. The summed E-state index contributed by atoms with van der Waals surface area (Å²) in [4.78, 5) is 3.77. The maximum Gasteiger partial charge on any atom is 0.252 e. The Bertz CT molecular complexity index is 617. The van der Waals surface area contributed by atoms with Gasteiger partial charge in [0.15, 0.2) is 0 Å². The first-order chi connectivity index (χ1) is 7.74. The van der Waals surface area contributed by atoms with Crippen LogP contribution in [0.5, 0.6) is 0 Å². The van der Waals surface area contributed by atoms with E-state index in [4.69, 9.17) is 22.1 Å². The molecule has 6 heteroatoms. The summed E-state index contributed by atoms with van der Waals surface area (Å²) < 4.78 is 1.42.